The van der Waals surface area contributed by atoms with Gasteiger partial charge in [-0.25, -0.2) is 4.98 Å². The lowest BCUT2D eigenvalue weighted by atomic mass is 10.1. The largest absolute Gasteiger partial charge is 0.497 e. The maximum absolute atomic E-state index is 5.25. The van der Waals surface area contributed by atoms with Gasteiger partial charge in [0.2, 0.25) is 0 Å². The van der Waals surface area contributed by atoms with E-state index in [1.807, 2.05) is 33.2 Å². The summed E-state index contributed by atoms with van der Waals surface area (Å²) in [5.41, 5.74) is 2.30. The summed E-state index contributed by atoms with van der Waals surface area (Å²) in [5, 5.41) is 6.67. The molecule has 0 radical (unpaired) electrons. The molecule has 1 atom stereocenters. The van der Waals surface area contributed by atoms with Gasteiger partial charge in [0.05, 0.1) is 30.4 Å². The van der Waals surface area contributed by atoms with E-state index in [2.05, 4.69) is 56.7 Å². The van der Waals surface area contributed by atoms with Crippen molar-refractivity contribution in [3.8, 4) is 5.75 Å². The van der Waals surface area contributed by atoms with Crippen LogP contribution < -0.4 is 10.1 Å². The molecule has 6 nitrogen and oxygen atoms in total. The molecule has 1 aromatic carbocycles. The van der Waals surface area contributed by atoms with Crippen LogP contribution in [0.3, 0.4) is 0 Å². The first-order valence-electron chi connectivity index (χ1n) is 8.57. The Labute approximate surface area is 160 Å². The van der Waals surface area contributed by atoms with Gasteiger partial charge in [0.15, 0.2) is 5.96 Å². The molecule has 2 rings (SSSR count). The van der Waals surface area contributed by atoms with Crippen LogP contribution in [0, 0.1) is 6.92 Å². The van der Waals surface area contributed by atoms with E-state index in [0.29, 0.717) is 0 Å². The lowest BCUT2D eigenvalue weighted by Crippen LogP contribution is -2.42. The van der Waals surface area contributed by atoms with E-state index in [1.165, 1.54) is 5.56 Å². The third kappa shape index (κ3) is 5.44. The fourth-order valence-electron chi connectivity index (χ4n) is 2.80. The summed E-state index contributed by atoms with van der Waals surface area (Å²) in [4.78, 5) is 13.2. The molecule has 7 heteroatoms. The van der Waals surface area contributed by atoms with Crippen molar-refractivity contribution in [1.29, 1.82) is 0 Å². The molecule has 1 unspecified atom stereocenters. The fourth-order valence-corrected chi connectivity index (χ4v) is 3.40. The summed E-state index contributed by atoms with van der Waals surface area (Å²) >= 11 is 1.67. The normalized spacial score (nSPS) is 13.0. The monoisotopic (exact) mass is 375 g/mol. The molecule has 0 amide bonds. The zero-order chi connectivity index (χ0) is 19.1. The van der Waals surface area contributed by atoms with Gasteiger partial charge < -0.3 is 19.9 Å². The minimum absolute atomic E-state index is 0.229. The number of rotatable bonds is 7. The Kier molecular flexibility index (Phi) is 7.41. The van der Waals surface area contributed by atoms with Crippen molar-refractivity contribution < 1.29 is 4.74 Å². The molecule has 0 aliphatic heterocycles. The van der Waals surface area contributed by atoms with Crippen molar-refractivity contribution >= 4 is 17.3 Å². The van der Waals surface area contributed by atoms with Gasteiger partial charge >= 0.3 is 0 Å². The van der Waals surface area contributed by atoms with Crippen LogP contribution in [0.5, 0.6) is 5.75 Å². The Morgan fingerprint density at radius 3 is 2.46 bits per heavy atom. The molecular formula is C19H29N5OS. The molecular weight excluding hydrogens is 346 g/mol. The van der Waals surface area contributed by atoms with Gasteiger partial charge in [0.1, 0.15) is 5.75 Å². The summed E-state index contributed by atoms with van der Waals surface area (Å²) in [7, 11) is 9.69. The molecule has 142 valence electrons. The molecule has 0 aliphatic rings. The van der Waals surface area contributed by atoms with Gasteiger partial charge in [-0.05, 0) is 38.7 Å². The van der Waals surface area contributed by atoms with Crippen molar-refractivity contribution in [2.45, 2.75) is 19.5 Å². The lowest BCUT2D eigenvalue weighted by Gasteiger charge is -2.28. The molecule has 1 aromatic heterocycles. The van der Waals surface area contributed by atoms with Gasteiger partial charge in [-0.15, -0.1) is 11.3 Å². The highest BCUT2D eigenvalue weighted by atomic mass is 32.1. The van der Waals surface area contributed by atoms with E-state index in [1.54, 1.807) is 18.4 Å². The summed E-state index contributed by atoms with van der Waals surface area (Å²) in [6.07, 6.45) is 0. The number of benzene rings is 1. The number of nitrogens with one attached hydrogen (secondary N) is 1. The predicted molar refractivity (Wildman–Crippen MR) is 109 cm³/mol. The number of aliphatic imine (C=N–C) groups is 1. The average Bonchev–Trinajstić information content (AvgIpc) is 3.03. The molecule has 0 fully saturated rings. The maximum Gasteiger partial charge on any atom is 0.193 e. The van der Waals surface area contributed by atoms with Gasteiger partial charge in [-0.1, -0.05) is 12.1 Å². The van der Waals surface area contributed by atoms with Crippen LogP contribution in [0.25, 0.3) is 0 Å². The summed E-state index contributed by atoms with van der Waals surface area (Å²) < 4.78 is 5.25. The molecule has 0 saturated carbocycles. The quantitative estimate of drug-likeness (QED) is 0.596. The molecule has 26 heavy (non-hydrogen) atoms. The maximum atomic E-state index is 5.25. The first-order chi connectivity index (χ1) is 12.4. The summed E-state index contributed by atoms with van der Waals surface area (Å²) in [6.45, 7) is 3.52. The zero-order valence-corrected chi connectivity index (χ0v) is 17.3. The number of hydrogen-bond donors (Lipinski definition) is 1. The van der Waals surface area contributed by atoms with Crippen LogP contribution in [0.2, 0.25) is 0 Å². The van der Waals surface area contributed by atoms with E-state index in [4.69, 9.17) is 4.74 Å². The predicted octanol–water partition coefficient (Wildman–Crippen LogP) is 2.77. The number of nitrogens with zero attached hydrogens (tertiary/aromatic N) is 4. The Bertz CT molecular complexity index is 711. The number of methoxy groups -OCH3 is 1. The number of ether oxygens (including phenoxy) is 1. The van der Waals surface area contributed by atoms with E-state index < -0.39 is 0 Å². The van der Waals surface area contributed by atoms with Crippen molar-refractivity contribution in [3.05, 3.63) is 45.9 Å². The third-order valence-electron chi connectivity index (χ3n) is 4.22. The van der Waals surface area contributed by atoms with Crippen molar-refractivity contribution in [1.82, 2.24) is 20.1 Å². The zero-order valence-electron chi connectivity index (χ0n) is 16.5. The minimum atomic E-state index is 0.229. The molecule has 0 saturated heterocycles. The Hall–Kier alpha value is -2.12. The Balaban J connectivity index is 2.01. The molecule has 1 N–H and O–H groups in total. The number of aryl methyl sites for hydroxylation is 1. The molecule has 1 heterocycles. The second-order valence-electron chi connectivity index (χ2n) is 6.39. The van der Waals surface area contributed by atoms with Crippen LogP contribution in [-0.4, -0.2) is 62.6 Å². The van der Waals surface area contributed by atoms with Gasteiger partial charge in [0, 0.05) is 26.0 Å². The number of guanidine groups is 1. The van der Waals surface area contributed by atoms with Crippen molar-refractivity contribution in [2.75, 3.05) is 41.8 Å². The molecule has 2 aromatic rings. The second-order valence-corrected chi connectivity index (χ2v) is 7.46. The number of hydrogen-bond acceptors (Lipinski definition) is 5. The molecule has 0 aliphatic carbocycles. The van der Waals surface area contributed by atoms with E-state index >= 15 is 0 Å². The first-order valence-corrected chi connectivity index (χ1v) is 9.45. The number of aromatic nitrogens is 1. The lowest BCUT2D eigenvalue weighted by molar-refractivity contribution is 0.295. The van der Waals surface area contributed by atoms with Crippen LogP contribution in [-0.2, 0) is 6.54 Å². The van der Waals surface area contributed by atoms with Crippen molar-refractivity contribution in [2.24, 2.45) is 4.99 Å². The highest BCUT2D eigenvalue weighted by Crippen LogP contribution is 2.20. The highest BCUT2D eigenvalue weighted by Gasteiger charge is 2.16. The topological polar surface area (TPSA) is 53.0 Å². The van der Waals surface area contributed by atoms with Crippen molar-refractivity contribution in [3.63, 3.8) is 0 Å². The Morgan fingerprint density at radius 2 is 1.96 bits per heavy atom. The SMILES string of the molecule is CN=C(NCC(c1ccc(OC)cc1)N(C)C)N(C)Cc1csc(C)n1. The highest BCUT2D eigenvalue weighted by molar-refractivity contribution is 7.09. The third-order valence-corrected chi connectivity index (χ3v) is 5.04. The number of likely N-dealkylation sites (N-methyl/N-ethyl adjacent to an activating group) is 1. The summed E-state index contributed by atoms with van der Waals surface area (Å²) in [6, 6.07) is 8.44. The standard InChI is InChI=1S/C19H29N5OS/c1-14-22-16(13-26-14)12-24(5)19(20-2)21-11-18(23(3)4)15-7-9-17(25-6)10-8-15/h7-10,13,18H,11-12H2,1-6H3,(H,20,21). The molecule has 0 spiro atoms. The van der Waals surface area contributed by atoms with Crippen LogP contribution in [0.1, 0.15) is 22.3 Å². The average molecular weight is 376 g/mol. The van der Waals surface area contributed by atoms with Crippen LogP contribution >= 0.6 is 11.3 Å². The fraction of sp³-hybridized carbons (Fsp3) is 0.474. The van der Waals surface area contributed by atoms with Gasteiger partial charge in [0.25, 0.3) is 0 Å². The van der Waals surface area contributed by atoms with Crippen LogP contribution in [0.4, 0.5) is 0 Å². The smallest absolute Gasteiger partial charge is 0.193 e. The second kappa shape index (κ2) is 9.54. The first kappa shape index (κ1) is 20.2. The van der Waals surface area contributed by atoms with E-state index in [9.17, 15) is 0 Å². The summed E-state index contributed by atoms with van der Waals surface area (Å²) in [5.74, 6) is 1.73. The van der Waals surface area contributed by atoms with Gasteiger partial charge in [-0.3, -0.25) is 4.99 Å². The number of thiazole rings is 1. The Morgan fingerprint density at radius 1 is 1.27 bits per heavy atom. The molecule has 0 bridgehead atoms. The van der Waals surface area contributed by atoms with E-state index in [0.717, 1.165) is 35.5 Å². The van der Waals surface area contributed by atoms with E-state index in [-0.39, 0.29) is 6.04 Å². The minimum Gasteiger partial charge on any atom is -0.497 e. The van der Waals surface area contributed by atoms with Crippen LogP contribution in [0.15, 0.2) is 34.6 Å². The van der Waals surface area contributed by atoms with Gasteiger partial charge in [-0.2, -0.15) is 0 Å².